The van der Waals surface area contributed by atoms with E-state index in [2.05, 4.69) is 5.32 Å². The topological polar surface area (TPSA) is 79.5 Å². The number of aliphatic carboxylic acids is 1. The largest absolute Gasteiger partial charge is 0.480 e. The fourth-order valence-corrected chi connectivity index (χ4v) is 1.62. The van der Waals surface area contributed by atoms with Gasteiger partial charge in [-0.1, -0.05) is 20.8 Å². The molecule has 0 aliphatic rings. The van der Waals surface area contributed by atoms with Crippen LogP contribution in [-0.2, 0) is 4.79 Å². The van der Waals surface area contributed by atoms with Gasteiger partial charge in [0.2, 0.25) is 0 Å². The summed E-state index contributed by atoms with van der Waals surface area (Å²) >= 11 is 0. The Morgan fingerprint density at radius 2 is 2.00 bits per heavy atom. The van der Waals surface area contributed by atoms with E-state index in [1.54, 1.807) is 13.0 Å². The van der Waals surface area contributed by atoms with Crippen LogP contribution in [0.5, 0.6) is 0 Å². The summed E-state index contributed by atoms with van der Waals surface area (Å²) in [5, 5.41) is 11.6. The van der Waals surface area contributed by atoms with E-state index in [4.69, 9.17) is 9.52 Å². The van der Waals surface area contributed by atoms with Gasteiger partial charge in [-0.3, -0.25) is 4.79 Å². The summed E-state index contributed by atoms with van der Waals surface area (Å²) in [5.41, 5.74) is 0.0275. The second-order valence-corrected chi connectivity index (χ2v) is 5.87. The minimum absolute atomic E-state index is 0.0275. The van der Waals surface area contributed by atoms with Crippen molar-refractivity contribution in [1.82, 2.24) is 5.32 Å². The number of aryl methyl sites for hydroxylation is 1. The van der Waals surface area contributed by atoms with Crippen LogP contribution in [0.25, 0.3) is 0 Å². The molecule has 1 unspecified atom stereocenters. The highest BCUT2D eigenvalue weighted by atomic mass is 16.4. The fraction of sp³-hybridized carbons (Fsp3) is 0.571. The highest BCUT2D eigenvalue weighted by molar-refractivity contribution is 5.94. The Kier molecular flexibility index (Phi) is 4.75. The first-order valence-electron chi connectivity index (χ1n) is 6.29. The third-order valence-corrected chi connectivity index (χ3v) is 2.75. The summed E-state index contributed by atoms with van der Waals surface area (Å²) < 4.78 is 5.17. The molecule has 5 nitrogen and oxygen atoms in total. The quantitative estimate of drug-likeness (QED) is 0.859. The Morgan fingerprint density at radius 1 is 1.37 bits per heavy atom. The third kappa shape index (κ3) is 5.16. The highest BCUT2D eigenvalue weighted by Gasteiger charge is 2.24. The zero-order valence-corrected chi connectivity index (χ0v) is 11.8. The van der Waals surface area contributed by atoms with Gasteiger partial charge in [0.05, 0.1) is 0 Å². The lowest BCUT2D eigenvalue weighted by molar-refractivity contribution is -0.139. The molecule has 1 aromatic rings. The standard InChI is InChI=1S/C14H21NO4/c1-9-5-6-11(19-9)12(16)15-10(13(17)18)7-8-14(2,3)4/h5-6,10H,7-8H2,1-4H3,(H,15,16)(H,17,18). The predicted molar refractivity (Wildman–Crippen MR) is 71.0 cm³/mol. The zero-order chi connectivity index (χ0) is 14.6. The molecule has 0 aliphatic heterocycles. The maximum absolute atomic E-state index is 11.8. The van der Waals surface area contributed by atoms with E-state index < -0.39 is 17.9 Å². The van der Waals surface area contributed by atoms with Crippen LogP contribution in [0.2, 0.25) is 0 Å². The number of furan rings is 1. The van der Waals surface area contributed by atoms with Gasteiger partial charge in [0.15, 0.2) is 5.76 Å². The molecule has 1 aromatic heterocycles. The van der Waals surface area contributed by atoms with Crippen molar-refractivity contribution in [3.63, 3.8) is 0 Å². The van der Waals surface area contributed by atoms with E-state index >= 15 is 0 Å². The Hall–Kier alpha value is -1.78. The lowest BCUT2D eigenvalue weighted by Crippen LogP contribution is -2.41. The van der Waals surface area contributed by atoms with Crippen molar-refractivity contribution in [1.29, 1.82) is 0 Å². The summed E-state index contributed by atoms with van der Waals surface area (Å²) in [5.74, 6) is -0.762. The first kappa shape index (κ1) is 15.3. The second-order valence-electron chi connectivity index (χ2n) is 5.87. The minimum atomic E-state index is -1.03. The molecule has 0 spiro atoms. The smallest absolute Gasteiger partial charge is 0.326 e. The Morgan fingerprint density at radius 3 is 2.42 bits per heavy atom. The summed E-state index contributed by atoms with van der Waals surface area (Å²) in [6, 6.07) is 2.31. The van der Waals surface area contributed by atoms with Crippen molar-refractivity contribution in [3.8, 4) is 0 Å². The van der Waals surface area contributed by atoms with Gasteiger partial charge in [0.25, 0.3) is 5.91 Å². The van der Waals surface area contributed by atoms with Crippen LogP contribution < -0.4 is 5.32 Å². The number of rotatable bonds is 5. The molecule has 1 rings (SSSR count). The Bertz CT molecular complexity index is 456. The van der Waals surface area contributed by atoms with E-state index in [0.29, 0.717) is 18.6 Å². The number of amides is 1. The highest BCUT2D eigenvalue weighted by Crippen LogP contribution is 2.21. The molecule has 1 atom stereocenters. The summed E-state index contributed by atoms with van der Waals surface area (Å²) in [6.07, 6.45) is 1.10. The van der Waals surface area contributed by atoms with Gasteiger partial charge in [0, 0.05) is 0 Å². The molecule has 106 valence electrons. The van der Waals surface area contributed by atoms with Gasteiger partial charge in [-0.25, -0.2) is 4.79 Å². The average molecular weight is 267 g/mol. The minimum Gasteiger partial charge on any atom is -0.480 e. The Balaban J connectivity index is 2.63. The molecule has 1 heterocycles. The number of carboxylic acid groups (broad SMARTS) is 1. The lowest BCUT2D eigenvalue weighted by atomic mass is 9.88. The molecule has 1 amide bonds. The van der Waals surface area contributed by atoms with Crippen molar-refractivity contribution in [3.05, 3.63) is 23.7 Å². The van der Waals surface area contributed by atoms with E-state index in [1.807, 2.05) is 20.8 Å². The van der Waals surface area contributed by atoms with E-state index in [0.717, 1.165) is 0 Å². The van der Waals surface area contributed by atoms with Crippen molar-refractivity contribution in [2.24, 2.45) is 5.41 Å². The molecule has 0 aromatic carbocycles. The molecule has 5 heteroatoms. The summed E-state index contributed by atoms with van der Waals surface area (Å²) in [4.78, 5) is 23.0. The van der Waals surface area contributed by atoms with Crippen molar-refractivity contribution >= 4 is 11.9 Å². The predicted octanol–water partition coefficient (Wildman–Crippen LogP) is 2.60. The van der Waals surface area contributed by atoms with Crippen LogP contribution >= 0.6 is 0 Å². The number of nitrogens with one attached hydrogen (secondary N) is 1. The number of carboxylic acids is 1. The van der Waals surface area contributed by atoms with Gasteiger partial charge in [-0.05, 0) is 37.3 Å². The van der Waals surface area contributed by atoms with Crippen LogP contribution in [0, 0.1) is 12.3 Å². The zero-order valence-electron chi connectivity index (χ0n) is 11.8. The SMILES string of the molecule is Cc1ccc(C(=O)NC(CCC(C)(C)C)C(=O)O)o1. The molecule has 0 aliphatic carbocycles. The van der Waals surface area contributed by atoms with Gasteiger partial charge >= 0.3 is 5.97 Å². The number of hydrogen-bond donors (Lipinski definition) is 2. The fourth-order valence-electron chi connectivity index (χ4n) is 1.62. The number of carbonyl (C=O) groups is 2. The van der Waals surface area contributed by atoms with E-state index in [9.17, 15) is 9.59 Å². The van der Waals surface area contributed by atoms with Gasteiger partial charge in [-0.15, -0.1) is 0 Å². The van der Waals surface area contributed by atoms with Crippen LogP contribution in [-0.4, -0.2) is 23.0 Å². The number of hydrogen-bond acceptors (Lipinski definition) is 3. The molecular formula is C14H21NO4. The third-order valence-electron chi connectivity index (χ3n) is 2.75. The summed E-state index contributed by atoms with van der Waals surface area (Å²) in [7, 11) is 0. The van der Waals surface area contributed by atoms with E-state index in [1.165, 1.54) is 6.07 Å². The van der Waals surface area contributed by atoms with E-state index in [-0.39, 0.29) is 11.2 Å². The first-order chi connectivity index (χ1) is 8.69. The molecule has 0 saturated carbocycles. The first-order valence-corrected chi connectivity index (χ1v) is 6.29. The molecule has 2 N–H and O–H groups in total. The normalized spacial score (nSPS) is 13.1. The molecule has 0 bridgehead atoms. The van der Waals surface area contributed by atoms with Crippen molar-refractivity contribution < 1.29 is 19.1 Å². The maximum Gasteiger partial charge on any atom is 0.326 e. The number of carbonyl (C=O) groups excluding carboxylic acids is 1. The maximum atomic E-state index is 11.8. The molecule has 0 radical (unpaired) electrons. The van der Waals surface area contributed by atoms with Gasteiger partial charge < -0.3 is 14.8 Å². The molecular weight excluding hydrogens is 246 g/mol. The molecule has 0 saturated heterocycles. The van der Waals surface area contributed by atoms with Crippen LogP contribution in [0.3, 0.4) is 0 Å². The summed E-state index contributed by atoms with van der Waals surface area (Å²) in [6.45, 7) is 7.82. The molecule has 19 heavy (non-hydrogen) atoms. The second kappa shape index (κ2) is 5.91. The van der Waals surface area contributed by atoms with Gasteiger partial charge in [-0.2, -0.15) is 0 Å². The molecule has 0 fully saturated rings. The van der Waals surface area contributed by atoms with Crippen molar-refractivity contribution in [2.45, 2.75) is 46.6 Å². The van der Waals surface area contributed by atoms with Crippen LogP contribution in [0.4, 0.5) is 0 Å². The lowest BCUT2D eigenvalue weighted by Gasteiger charge is -2.21. The monoisotopic (exact) mass is 267 g/mol. The van der Waals surface area contributed by atoms with Crippen LogP contribution in [0.1, 0.15) is 49.9 Å². The van der Waals surface area contributed by atoms with Gasteiger partial charge in [0.1, 0.15) is 11.8 Å². The van der Waals surface area contributed by atoms with Crippen molar-refractivity contribution in [2.75, 3.05) is 0 Å². The Labute approximate surface area is 113 Å². The van der Waals surface area contributed by atoms with Crippen LogP contribution in [0.15, 0.2) is 16.5 Å². The average Bonchev–Trinajstić information content (AvgIpc) is 2.69.